The monoisotopic (exact) mass is 225 g/mol. The molecule has 16 heavy (non-hydrogen) atoms. The summed E-state index contributed by atoms with van der Waals surface area (Å²) < 4.78 is 5.41. The number of ether oxygens (including phenoxy) is 1. The molecule has 2 heterocycles. The maximum Gasteiger partial charge on any atom is 0.310 e. The number of carbonyl (C=O) groups is 2. The van der Waals surface area contributed by atoms with Crippen LogP contribution < -0.4 is 5.32 Å². The highest BCUT2D eigenvalue weighted by Crippen LogP contribution is 2.39. The SMILES string of the molecule is CC(C)NC(=O)[C@H]1[C@@H](C(=O)O)[C@H]2C=C[C@@H]1O2. The fourth-order valence-corrected chi connectivity index (χ4v) is 2.30. The number of rotatable bonds is 3. The summed E-state index contributed by atoms with van der Waals surface area (Å²) in [4.78, 5) is 23.0. The predicted octanol–water partition coefficient (Wildman–Crippen LogP) is 0.165. The van der Waals surface area contributed by atoms with Crippen LogP contribution in [0.4, 0.5) is 0 Å². The third-order valence-corrected chi connectivity index (χ3v) is 2.92. The van der Waals surface area contributed by atoms with E-state index in [9.17, 15) is 9.59 Å². The van der Waals surface area contributed by atoms with Crippen molar-refractivity contribution in [2.45, 2.75) is 32.1 Å². The van der Waals surface area contributed by atoms with Crippen molar-refractivity contribution >= 4 is 11.9 Å². The van der Waals surface area contributed by atoms with Crippen LogP contribution in [-0.2, 0) is 14.3 Å². The summed E-state index contributed by atoms with van der Waals surface area (Å²) in [5, 5.41) is 11.8. The quantitative estimate of drug-likeness (QED) is 0.671. The summed E-state index contributed by atoms with van der Waals surface area (Å²) in [7, 11) is 0. The van der Waals surface area contributed by atoms with E-state index < -0.39 is 23.9 Å². The van der Waals surface area contributed by atoms with Crippen molar-refractivity contribution in [1.29, 1.82) is 0 Å². The summed E-state index contributed by atoms with van der Waals surface area (Å²) >= 11 is 0. The molecule has 2 aliphatic heterocycles. The number of fused-ring (bicyclic) bond motifs is 2. The van der Waals surface area contributed by atoms with Gasteiger partial charge in [0.15, 0.2) is 0 Å². The van der Waals surface area contributed by atoms with Crippen LogP contribution in [0.1, 0.15) is 13.8 Å². The van der Waals surface area contributed by atoms with E-state index in [1.807, 2.05) is 13.8 Å². The topological polar surface area (TPSA) is 75.6 Å². The lowest BCUT2D eigenvalue weighted by Crippen LogP contribution is -2.44. The van der Waals surface area contributed by atoms with Crippen molar-refractivity contribution in [3.8, 4) is 0 Å². The molecular formula is C11H15NO4. The Morgan fingerprint density at radius 3 is 2.31 bits per heavy atom. The molecule has 88 valence electrons. The van der Waals surface area contributed by atoms with Gasteiger partial charge in [0.2, 0.25) is 5.91 Å². The van der Waals surface area contributed by atoms with E-state index in [1.54, 1.807) is 12.2 Å². The minimum Gasteiger partial charge on any atom is -0.481 e. The van der Waals surface area contributed by atoms with Crippen LogP contribution >= 0.6 is 0 Å². The lowest BCUT2D eigenvalue weighted by atomic mass is 9.82. The van der Waals surface area contributed by atoms with Crippen molar-refractivity contribution in [3.05, 3.63) is 12.2 Å². The van der Waals surface area contributed by atoms with Gasteiger partial charge in [-0.05, 0) is 13.8 Å². The third kappa shape index (κ3) is 1.71. The largest absolute Gasteiger partial charge is 0.481 e. The molecule has 0 aromatic heterocycles. The fourth-order valence-electron chi connectivity index (χ4n) is 2.30. The zero-order chi connectivity index (χ0) is 11.9. The van der Waals surface area contributed by atoms with E-state index in [1.165, 1.54) is 0 Å². The van der Waals surface area contributed by atoms with Gasteiger partial charge in [-0.15, -0.1) is 0 Å². The van der Waals surface area contributed by atoms with Gasteiger partial charge in [0.1, 0.15) is 5.92 Å². The molecule has 0 aromatic rings. The lowest BCUT2D eigenvalue weighted by molar-refractivity contribution is -0.146. The van der Waals surface area contributed by atoms with Gasteiger partial charge in [0.05, 0.1) is 18.1 Å². The standard InChI is InChI=1S/C11H15NO4/c1-5(2)12-10(13)8-6-3-4-7(16-6)9(8)11(14)15/h3-9H,1-2H3,(H,12,13)(H,14,15)/t6-,7+,8+,9-/m0/s1. The number of carboxylic acids is 1. The summed E-state index contributed by atoms with van der Waals surface area (Å²) in [5.41, 5.74) is 0. The Kier molecular flexibility index (Phi) is 2.71. The molecule has 2 rings (SSSR count). The van der Waals surface area contributed by atoms with Gasteiger partial charge in [-0.2, -0.15) is 0 Å². The van der Waals surface area contributed by atoms with E-state index in [-0.39, 0.29) is 18.1 Å². The highest BCUT2D eigenvalue weighted by atomic mass is 16.5. The Morgan fingerprint density at radius 1 is 1.25 bits per heavy atom. The average molecular weight is 225 g/mol. The Morgan fingerprint density at radius 2 is 1.81 bits per heavy atom. The molecule has 0 radical (unpaired) electrons. The number of carbonyl (C=O) groups excluding carboxylic acids is 1. The van der Waals surface area contributed by atoms with Crippen LogP contribution in [0.5, 0.6) is 0 Å². The first-order chi connectivity index (χ1) is 7.50. The highest BCUT2D eigenvalue weighted by molar-refractivity contribution is 5.87. The third-order valence-electron chi connectivity index (χ3n) is 2.92. The zero-order valence-corrected chi connectivity index (χ0v) is 9.21. The first-order valence-electron chi connectivity index (χ1n) is 5.37. The summed E-state index contributed by atoms with van der Waals surface area (Å²) in [5.74, 6) is -2.57. The first-order valence-corrected chi connectivity index (χ1v) is 5.37. The Labute approximate surface area is 93.5 Å². The normalized spacial score (nSPS) is 35.7. The van der Waals surface area contributed by atoms with Crippen LogP contribution in [0.3, 0.4) is 0 Å². The van der Waals surface area contributed by atoms with Gasteiger partial charge >= 0.3 is 5.97 Å². The second-order valence-electron chi connectivity index (χ2n) is 4.50. The maximum atomic E-state index is 11.9. The minimum absolute atomic E-state index is 0.00468. The molecule has 5 heteroatoms. The number of hydrogen-bond acceptors (Lipinski definition) is 3. The molecule has 2 N–H and O–H groups in total. The van der Waals surface area contributed by atoms with Crippen molar-refractivity contribution in [2.24, 2.45) is 11.8 Å². The van der Waals surface area contributed by atoms with Gasteiger partial charge in [0, 0.05) is 6.04 Å². The van der Waals surface area contributed by atoms with E-state index >= 15 is 0 Å². The van der Waals surface area contributed by atoms with Crippen LogP contribution in [0, 0.1) is 11.8 Å². The van der Waals surface area contributed by atoms with E-state index in [0.717, 1.165) is 0 Å². The Bertz CT molecular complexity index is 350. The van der Waals surface area contributed by atoms with Crippen LogP contribution in [0.15, 0.2) is 12.2 Å². The number of aliphatic carboxylic acids is 1. The van der Waals surface area contributed by atoms with Gasteiger partial charge in [0.25, 0.3) is 0 Å². The number of hydrogen-bond donors (Lipinski definition) is 2. The number of carboxylic acid groups (broad SMARTS) is 1. The van der Waals surface area contributed by atoms with Gasteiger partial charge in [-0.3, -0.25) is 9.59 Å². The Balaban J connectivity index is 2.16. The Hall–Kier alpha value is -1.36. The van der Waals surface area contributed by atoms with E-state index in [4.69, 9.17) is 9.84 Å². The smallest absolute Gasteiger partial charge is 0.310 e. The molecule has 4 atom stereocenters. The maximum absolute atomic E-state index is 11.9. The molecule has 1 saturated heterocycles. The molecule has 0 aromatic carbocycles. The average Bonchev–Trinajstić information content (AvgIpc) is 2.74. The van der Waals surface area contributed by atoms with Gasteiger partial charge in [-0.25, -0.2) is 0 Å². The molecule has 1 amide bonds. The first kappa shape index (κ1) is 11.1. The minimum atomic E-state index is -0.972. The number of nitrogens with one attached hydrogen (secondary N) is 1. The van der Waals surface area contributed by atoms with Crippen molar-refractivity contribution in [1.82, 2.24) is 5.32 Å². The molecular weight excluding hydrogens is 210 g/mol. The molecule has 0 spiro atoms. The summed E-state index contributed by atoms with van der Waals surface area (Å²) in [6.07, 6.45) is 2.66. The van der Waals surface area contributed by atoms with Crippen molar-refractivity contribution < 1.29 is 19.4 Å². The molecule has 1 fully saturated rings. The second-order valence-corrected chi connectivity index (χ2v) is 4.50. The van der Waals surface area contributed by atoms with Gasteiger partial charge in [-0.1, -0.05) is 12.2 Å². The molecule has 5 nitrogen and oxygen atoms in total. The highest BCUT2D eigenvalue weighted by Gasteiger charge is 2.53. The number of amides is 1. The van der Waals surface area contributed by atoms with Crippen molar-refractivity contribution in [2.75, 3.05) is 0 Å². The van der Waals surface area contributed by atoms with Crippen LogP contribution in [0.2, 0.25) is 0 Å². The predicted molar refractivity (Wildman–Crippen MR) is 55.7 cm³/mol. The lowest BCUT2D eigenvalue weighted by Gasteiger charge is -2.22. The van der Waals surface area contributed by atoms with Crippen LogP contribution in [-0.4, -0.2) is 35.2 Å². The van der Waals surface area contributed by atoms with Gasteiger partial charge < -0.3 is 15.2 Å². The molecule has 2 aliphatic rings. The molecule has 2 bridgehead atoms. The van der Waals surface area contributed by atoms with Crippen molar-refractivity contribution in [3.63, 3.8) is 0 Å². The summed E-state index contributed by atoms with van der Waals surface area (Å²) in [6.45, 7) is 3.69. The zero-order valence-electron chi connectivity index (χ0n) is 9.21. The molecule has 0 aliphatic carbocycles. The molecule has 0 saturated carbocycles. The fraction of sp³-hybridized carbons (Fsp3) is 0.636. The molecule has 0 unspecified atom stereocenters. The summed E-state index contributed by atoms with van der Waals surface area (Å²) in [6, 6.07) is 0.00468. The van der Waals surface area contributed by atoms with E-state index in [0.29, 0.717) is 0 Å². The van der Waals surface area contributed by atoms with E-state index in [2.05, 4.69) is 5.32 Å². The second kappa shape index (κ2) is 3.90. The van der Waals surface area contributed by atoms with Crippen LogP contribution in [0.25, 0.3) is 0 Å².